The first kappa shape index (κ1) is 26.7. The maximum Gasteiger partial charge on any atom is 0.328 e. The van der Waals surface area contributed by atoms with Crippen LogP contribution in [-0.2, 0) is 25.5 Å². The molecule has 1 atom stereocenters. The van der Waals surface area contributed by atoms with Crippen LogP contribution >= 0.6 is 0 Å². The van der Waals surface area contributed by atoms with Gasteiger partial charge < -0.3 is 15.8 Å². The lowest BCUT2D eigenvalue weighted by atomic mass is 10.1. The Morgan fingerprint density at radius 1 is 0.903 bits per heavy atom. The van der Waals surface area contributed by atoms with Crippen molar-refractivity contribution in [1.29, 1.82) is 0 Å². The fraction of sp³-hybridized carbons (Fsp3) is 0.640. The highest BCUT2D eigenvalue weighted by Crippen LogP contribution is 2.11. The third-order valence-electron chi connectivity index (χ3n) is 5.28. The molecular formula is C25H40N2O4. The zero-order valence-corrected chi connectivity index (χ0v) is 19.1. The summed E-state index contributed by atoms with van der Waals surface area (Å²) in [6.07, 6.45) is 11.7. The van der Waals surface area contributed by atoms with E-state index in [-0.39, 0.29) is 25.4 Å². The van der Waals surface area contributed by atoms with E-state index < -0.39 is 17.9 Å². The van der Waals surface area contributed by atoms with E-state index in [4.69, 9.17) is 10.5 Å². The molecule has 0 heterocycles. The lowest BCUT2D eigenvalue weighted by molar-refractivity contribution is -0.148. The van der Waals surface area contributed by atoms with E-state index >= 15 is 0 Å². The molecule has 0 aliphatic rings. The minimum absolute atomic E-state index is 0.0246. The topological polar surface area (TPSA) is 98.5 Å². The van der Waals surface area contributed by atoms with Crippen LogP contribution in [0.15, 0.2) is 30.3 Å². The number of benzene rings is 1. The number of rotatable bonds is 18. The quantitative estimate of drug-likeness (QED) is 0.265. The van der Waals surface area contributed by atoms with E-state index in [1.165, 1.54) is 38.5 Å². The number of unbranched alkanes of at least 4 members (excludes halogenated alkanes) is 8. The van der Waals surface area contributed by atoms with E-state index in [1.807, 2.05) is 30.3 Å². The highest BCUT2D eigenvalue weighted by molar-refractivity contribution is 5.85. The Kier molecular flexibility index (Phi) is 14.9. The van der Waals surface area contributed by atoms with Crippen molar-refractivity contribution in [3.63, 3.8) is 0 Å². The fourth-order valence-electron chi connectivity index (χ4n) is 3.41. The number of esters is 1. The molecule has 0 spiro atoms. The van der Waals surface area contributed by atoms with Crippen molar-refractivity contribution in [3.8, 4) is 0 Å². The van der Waals surface area contributed by atoms with Crippen LogP contribution in [0.4, 0.5) is 0 Å². The van der Waals surface area contributed by atoms with Gasteiger partial charge in [-0.3, -0.25) is 9.59 Å². The van der Waals surface area contributed by atoms with Gasteiger partial charge in [0.05, 0.1) is 6.61 Å². The van der Waals surface area contributed by atoms with Crippen LogP contribution in [0.25, 0.3) is 0 Å². The maximum atomic E-state index is 12.4. The molecule has 0 saturated carbocycles. The first-order valence-electron chi connectivity index (χ1n) is 11.8. The number of primary amides is 1. The number of hydrogen-bond donors (Lipinski definition) is 2. The van der Waals surface area contributed by atoms with E-state index in [0.717, 1.165) is 24.8 Å². The molecule has 0 aliphatic carbocycles. The van der Waals surface area contributed by atoms with Crippen LogP contribution in [0.1, 0.15) is 89.5 Å². The van der Waals surface area contributed by atoms with Crippen LogP contribution in [0, 0.1) is 0 Å². The summed E-state index contributed by atoms with van der Waals surface area (Å²) < 4.78 is 5.33. The first-order valence-corrected chi connectivity index (χ1v) is 11.8. The number of carbonyl (C=O) groups excluding carboxylic acids is 3. The Balaban J connectivity index is 2.29. The van der Waals surface area contributed by atoms with Gasteiger partial charge in [-0.2, -0.15) is 0 Å². The number of hydrogen-bond acceptors (Lipinski definition) is 4. The Morgan fingerprint density at radius 2 is 1.52 bits per heavy atom. The monoisotopic (exact) mass is 432 g/mol. The summed E-state index contributed by atoms with van der Waals surface area (Å²) >= 11 is 0. The predicted octanol–water partition coefficient (Wildman–Crippen LogP) is 4.44. The zero-order valence-electron chi connectivity index (χ0n) is 19.1. The largest absolute Gasteiger partial charge is 0.464 e. The van der Waals surface area contributed by atoms with Gasteiger partial charge in [0.1, 0.15) is 6.04 Å². The van der Waals surface area contributed by atoms with E-state index in [9.17, 15) is 14.4 Å². The molecule has 1 rings (SSSR count). The maximum absolute atomic E-state index is 12.4. The van der Waals surface area contributed by atoms with Gasteiger partial charge in [-0.1, -0.05) is 88.6 Å². The van der Waals surface area contributed by atoms with E-state index in [1.54, 1.807) is 0 Å². The molecule has 0 radical (unpaired) electrons. The third kappa shape index (κ3) is 14.3. The van der Waals surface area contributed by atoms with Crippen molar-refractivity contribution < 1.29 is 19.1 Å². The van der Waals surface area contributed by atoms with Crippen LogP contribution < -0.4 is 11.1 Å². The number of amides is 2. The van der Waals surface area contributed by atoms with Crippen molar-refractivity contribution in [2.75, 3.05) is 6.61 Å². The molecule has 0 aliphatic heterocycles. The van der Waals surface area contributed by atoms with Gasteiger partial charge in [-0.05, 0) is 18.4 Å². The molecule has 2 amide bonds. The number of carbonyl (C=O) groups is 3. The van der Waals surface area contributed by atoms with Crippen LogP contribution in [0.2, 0.25) is 0 Å². The summed E-state index contributed by atoms with van der Waals surface area (Å²) in [4.78, 5) is 35.8. The van der Waals surface area contributed by atoms with Crippen molar-refractivity contribution in [1.82, 2.24) is 5.32 Å². The van der Waals surface area contributed by atoms with Gasteiger partial charge in [0, 0.05) is 19.3 Å². The molecule has 1 aromatic carbocycles. The molecular weight excluding hydrogens is 392 g/mol. The van der Waals surface area contributed by atoms with Crippen molar-refractivity contribution in [2.24, 2.45) is 5.73 Å². The Hall–Kier alpha value is -2.37. The standard InChI is InChI=1S/C25H40N2O4/c1-2-3-4-5-6-7-8-9-13-16-24(29)27-22(17-18-23(26)28)25(30)31-20-19-21-14-11-10-12-15-21/h10-12,14-15,22H,2-9,13,16-20H2,1H3,(H2,26,28)(H,27,29)/t22-/m0/s1. The molecule has 0 bridgehead atoms. The second-order valence-electron chi connectivity index (χ2n) is 8.11. The van der Waals surface area contributed by atoms with Gasteiger partial charge >= 0.3 is 5.97 Å². The fourth-order valence-corrected chi connectivity index (χ4v) is 3.41. The van der Waals surface area contributed by atoms with Gasteiger partial charge in [-0.15, -0.1) is 0 Å². The minimum Gasteiger partial charge on any atom is -0.464 e. The summed E-state index contributed by atoms with van der Waals surface area (Å²) in [5, 5.41) is 2.72. The number of ether oxygens (including phenoxy) is 1. The van der Waals surface area contributed by atoms with Gasteiger partial charge in [-0.25, -0.2) is 4.79 Å². The Morgan fingerprint density at radius 3 is 2.13 bits per heavy atom. The normalized spacial score (nSPS) is 11.6. The molecule has 174 valence electrons. The molecule has 0 saturated heterocycles. The minimum atomic E-state index is -0.839. The molecule has 6 heteroatoms. The second-order valence-corrected chi connectivity index (χ2v) is 8.11. The van der Waals surface area contributed by atoms with Crippen molar-refractivity contribution in [3.05, 3.63) is 35.9 Å². The molecule has 0 aromatic heterocycles. The molecule has 3 N–H and O–H groups in total. The predicted molar refractivity (Wildman–Crippen MR) is 123 cm³/mol. The van der Waals surface area contributed by atoms with Gasteiger partial charge in [0.15, 0.2) is 0 Å². The first-order chi connectivity index (χ1) is 15.0. The summed E-state index contributed by atoms with van der Waals surface area (Å²) in [5.41, 5.74) is 6.28. The van der Waals surface area contributed by atoms with Crippen molar-refractivity contribution >= 4 is 17.8 Å². The highest BCUT2D eigenvalue weighted by Gasteiger charge is 2.22. The lowest BCUT2D eigenvalue weighted by Crippen LogP contribution is -2.42. The molecule has 31 heavy (non-hydrogen) atoms. The number of nitrogens with two attached hydrogens (primary N) is 1. The smallest absolute Gasteiger partial charge is 0.328 e. The Bertz CT molecular complexity index is 634. The van der Waals surface area contributed by atoms with Gasteiger partial charge in [0.25, 0.3) is 0 Å². The van der Waals surface area contributed by atoms with Crippen LogP contribution in [-0.4, -0.2) is 30.4 Å². The summed E-state index contributed by atoms with van der Waals surface area (Å²) in [6, 6.07) is 8.88. The molecule has 6 nitrogen and oxygen atoms in total. The van der Waals surface area contributed by atoms with Crippen LogP contribution in [0.3, 0.4) is 0 Å². The van der Waals surface area contributed by atoms with E-state index in [2.05, 4.69) is 12.2 Å². The van der Waals surface area contributed by atoms with Gasteiger partial charge in [0.2, 0.25) is 11.8 Å². The number of nitrogens with one attached hydrogen (secondary N) is 1. The van der Waals surface area contributed by atoms with Crippen LogP contribution in [0.5, 0.6) is 0 Å². The Labute approximate surface area is 187 Å². The SMILES string of the molecule is CCCCCCCCCCCC(=O)N[C@@H](CCC(N)=O)C(=O)OCCc1ccccc1. The third-order valence-corrected chi connectivity index (χ3v) is 5.28. The highest BCUT2D eigenvalue weighted by atomic mass is 16.5. The van der Waals surface area contributed by atoms with Crippen molar-refractivity contribution in [2.45, 2.75) is 96.4 Å². The lowest BCUT2D eigenvalue weighted by Gasteiger charge is -2.17. The summed E-state index contributed by atoms with van der Waals surface area (Å²) in [5.74, 6) is -1.20. The zero-order chi connectivity index (χ0) is 22.7. The average molecular weight is 433 g/mol. The second kappa shape index (κ2) is 17.3. The molecule has 0 fully saturated rings. The summed E-state index contributed by atoms with van der Waals surface area (Å²) in [6.45, 7) is 2.44. The average Bonchev–Trinajstić information content (AvgIpc) is 2.76. The van der Waals surface area contributed by atoms with E-state index in [0.29, 0.717) is 12.8 Å². The molecule has 0 unspecified atom stereocenters. The summed E-state index contributed by atoms with van der Waals surface area (Å²) in [7, 11) is 0. The molecule has 1 aromatic rings.